The summed E-state index contributed by atoms with van der Waals surface area (Å²) in [4.78, 5) is 10.6. The molecule has 0 heterocycles. The second kappa shape index (κ2) is 8.84. The molecule has 4 nitrogen and oxygen atoms in total. The van der Waals surface area contributed by atoms with Gasteiger partial charge in [0.25, 0.3) is 0 Å². The van der Waals surface area contributed by atoms with Gasteiger partial charge in [0.2, 0.25) is 0 Å². The SMILES string of the molecule is C[C@@H](N[C@H]1CC[C@@H](c2ccc(OCC(=O)O)cc2)C1)c1cccc2c(F)cccc12. The van der Waals surface area contributed by atoms with Crippen molar-refractivity contribution in [3.8, 4) is 5.75 Å². The summed E-state index contributed by atoms with van der Waals surface area (Å²) in [6, 6.07) is 19.3. The van der Waals surface area contributed by atoms with Gasteiger partial charge in [0.05, 0.1) is 0 Å². The van der Waals surface area contributed by atoms with Gasteiger partial charge in [0.15, 0.2) is 6.61 Å². The number of carboxylic acids is 1. The molecule has 0 spiro atoms. The molecule has 0 aliphatic heterocycles. The van der Waals surface area contributed by atoms with Crippen LogP contribution in [0.5, 0.6) is 5.75 Å². The Bertz CT molecular complexity index is 1030. The Labute approximate surface area is 175 Å². The lowest BCUT2D eigenvalue weighted by Crippen LogP contribution is -2.29. The van der Waals surface area contributed by atoms with Gasteiger partial charge in [-0.15, -0.1) is 0 Å². The molecule has 3 atom stereocenters. The molecule has 0 unspecified atom stereocenters. The maximum atomic E-state index is 14.1. The standard InChI is InChI=1S/C25H26FNO3/c1-16(21-4-2-6-23-22(21)5-3-7-24(23)26)27-19-11-8-18(14-19)17-9-12-20(13-10-17)30-15-25(28)29/h2-7,9-10,12-13,16,18-19,27H,8,11,14-15H2,1H3,(H,28,29)/t16-,18-,19+/m1/s1. The molecule has 0 bridgehead atoms. The molecule has 1 saturated carbocycles. The van der Waals surface area contributed by atoms with Crippen molar-refractivity contribution in [3.63, 3.8) is 0 Å². The Balaban J connectivity index is 1.39. The summed E-state index contributed by atoms with van der Waals surface area (Å²) in [7, 11) is 0. The van der Waals surface area contributed by atoms with Gasteiger partial charge in [-0.1, -0.05) is 42.5 Å². The molecule has 4 rings (SSSR count). The molecule has 1 aliphatic carbocycles. The summed E-state index contributed by atoms with van der Waals surface area (Å²) in [5, 5.41) is 14.1. The van der Waals surface area contributed by atoms with Crippen molar-refractivity contribution < 1.29 is 19.0 Å². The summed E-state index contributed by atoms with van der Waals surface area (Å²) < 4.78 is 19.3. The van der Waals surface area contributed by atoms with Gasteiger partial charge in [0, 0.05) is 17.5 Å². The van der Waals surface area contributed by atoms with E-state index in [9.17, 15) is 9.18 Å². The van der Waals surface area contributed by atoms with Crippen molar-refractivity contribution in [2.24, 2.45) is 0 Å². The Kier molecular flexibility index (Phi) is 6.00. The van der Waals surface area contributed by atoms with Crippen LogP contribution in [0.25, 0.3) is 10.8 Å². The number of rotatable bonds is 7. The highest BCUT2D eigenvalue weighted by Gasteiger charge is 2.27. The quantitative estimate of drug-likeness (QED) is 0.548. The van der Waals surface area contributed by atoms with E-state index in [-0.39, 0.29) is 18.5 Å². The van der Waals surface area contributed by atoms with Gasteiger partial charge in [-0.05, 0) is 66.8 Å². The summed E-state index contributed by atoms with van der Waals surface area (Å²) >= 11 is 0. The van der Waals surface area contributed by atoms with E-state index in [4.69, 9.17) is 9.84 Å². The highest BCUT2D eigenvalue weighted by atomic mass is 19.1. The van der Waals surface area contributed by atoms with Crippen molar-refractivity contribution in [2.45, 2.75) is 44.2 Å². The predicted octanol–water partition coefficient (Wildman–Crippen LogP) is 5.43. The maximum Gasteiger partial charge on any atom is 0.341 e. The molecule has 0 radical (unpaired) electrons. The topological polar surface area (TPSA) is 58.6 Å². The van der Waals surface area contributed by atoms with Crippen molar-refractivity contribution in [2.75, 3.05) is 6.61 Å². The van der Waals surface area contributed by atoms with Gasteiger partial charge >= 0.3 is 5.97 Å². The molecule has 5 heteroatoms. The number of hydrogen-bond donors (Lipinski definition) is 2. The van der Waals surface area contributed by atoms with Crippen LogP contribution in [0, 0.1) is 5.82 Å². The fraction of sp³-hybridized carbons (Fsp3) is 0.320. The molecule has 0 amide bonds. The van der Waals surface area contributed by atoms with E-state index < -0.39 is 5.97 Å². The lowest BCUT2D eigenvalue weighted by molar-refractivity contribution is -0.139. The first kappa shape index (κ1) is 20.4. The normalized spacial score (nSPS) is 19.7. The molecular formula is C25H26FNO3. The van der Waals surface area contributed by atoms with Crippen LogP contribution in [0.15, 0.2) is 60.7 Å². The first-order chi connectivity index (χ1) is 14.5. The second-order valence-electron chi connectivity index (χ2n) is 8.03. The third-order valence-electron chi connectivity index (χ3n) is 6.00. The minimum atomic E-state index is -0.980. The molecule has 3 aromatic carbocycles. The zero-order chi connectivity index (χ0) is 21.1. The van der Waals surface area contributed by atoms with Crippen LogP contribution in [0.4, 0.5) is 4.39 Å². The minimum absolute atomic E-state index is 0.131. The minimum Gasteiger partial charge on any atom is -0.482 e. The van der Waals surface area contributed by atoms with Crippen LogP contribution in [-0.2, 0) is 4.79 Å². The van der Waals surface area contributed by atoms with Crippen LogP contribution in [0.3, 0.4) is 0 Å². The molecule has 2 N–H and O–H groups in total. The van der Waals surface area contributed by atoms with Crippen molar-refractivity contribution in [1.82, 2.24) is 5.32 Å². The molecule has 1 fully saturated rings. The first-order valence-corrected chi connectivity index (χ1v) is 10.4. The summed E-state index contributed by atoms with van der Waals surface area (Å²) in [6.45, 7) is 1.81. The molecule has 0 aromatic heterocycles. The fourth-order valence-corrected chi connectivity index (χ4v) is 4.53. The lowest BCUT2D eigenvalue weighted by atomic mass is 9.96. The van der Waals surface area contributed by atoms with E-state index in [1.807, 2.05) is 42.5 Å². The molecule has 3 aromatic rings. The van der Waals surface area contributed by atoms with Crippen LogP contribution < -0.4 is 10.1 Å². The Morgan fingerprint density at radius 3 is 2.60 bits per heavy atom. The van der Waals surface area contributed by atoms with Gasteiger partial charge in [0.1, 0.15) is 11.6 Å². The Morgan fingerprint density at radius 2 is 1.83 bits per heavy atom. The van der Waals surface area contributed by atoms with E-state index in [0.717, 1.165) is 30.2 Å². The van der Waals surface area contributed by atoms with Gasteiger partial charge < -0.3 is 15.2 Å². The number of hydrogen-bond acceptors (Lipinski definition) is 3. The summed E-state index contributed by atoms with van der Waals surface area (Å²) in [5.74, 6) is -0.121. The number of fused-ring (bicyclic) bond motifs is 1. The van der Waals surface area contributed by atoms with Crippen LogP contribution in [-0.4, -0.2) is 23.7 Å². The zero-order valence-corrected chi connectivity index (χ0v) is 17.0. The number of aliphatic carboxylic acids is 1. The van der Waals surface area contributed by atoms with Crippen molar-refractivity contribution in [3.05, 3.63) is 77.6 Å². The third-order valence-corrected chi connectivity index (χ3v) is 6.00. The summed E-state index contributed by atoms with van der Waals surface area (Å²) in [6.07, 6.45) is 3.23. The smallest absolute Gasteiger partial charge is 0.341 e. The second-order valence-corrected chi connectivity index (χ2v) is 8.03. The van der Waals surface area contributed by atoms with Crippen LogP contribution in [0.2, 0.25) is 0 Å². The van der Waals surface area contributed by atoms with Crippen LogP contribution >= 0.6 is 0 Å². The van der Waals surface area contributed by atoms with Crippen molar-refractivity contribution >= 4 is 16.7 Å². The number of benzene rings is 3. The van der Waals surface area contributed by atoms with Crippen molar-refractivity contribution in [1.29, 1.82) is 0 Å². The summed E-state index contributed by atoms with van der Waals surface area (Å²) in [5.41, 5.74) is 2.37. The molecule has 0 saturated heterocycles. The highest BCUT2D eigenvalue weighted by Crippen LogP contribution is 2.36. The molecule has 156 valence electrons. The number of carbonyl (C=O) groups is 1. The van der Waals surface area contributed by atoms with E-state index in [0.29, 0.717) is 23.1 Å². The molecular weight excluding hydrogens is 381 g/mol. The van der Waals surface area contributed by atoms with Gasteiger partial charge in [-0.3, -0.25) is 0 Å². The first-order valence-electron chi connectivity index (χ1n) is 10.4. The lowest BCUT2D eigenvalue weighted by Gasteiger charge is -2.22. The Hall–Kier alpha value is -2.92. The average Bonchev–Trinajstić information content (AvgIpc) is 3.21. The van der Waals surface area contributed by atoms with Crippen LogP contribution in [0.1, 0.15) is 49.3 Å². The monoisotopic (exact) mass is 407 g/mol. The number of halogens is 1. The predicted molar refractivity (Wildman–Crippen MR) is 115 cm³/mol. The molecule has 1 aliphatic rings. The highest BCUT2D eigenvalue weighted by molar-refractivity contribution is 5.86. The van der Waals surface area contributed by atoms with E-state index in [1.54, 1.807) is 6.07 Å². The average molecular weight is 407 g/mol. The van der Waals surface area contributed by atoms with Gasteiger partial charge in [-0.2, -0.15) is 0 Å². The number of nitrogens with one attached hydrogen (secondary N) is 1. The number of ether oxygens (including phenoxy) is 1. The van der Waals surface area contributed by atoms with E-state index >= 15 is 0 Å². The maximum absolute atomic E-state index is 14.1. The van der Waals surface area contributed by atoms with E-state index in [1.165, 1.54) is 11.6 Å². The zero-order valence-electron chi connectivity index (χ0n) is 17.0. The Morgan fingerprint density at radius 1 is 1.10 bits per heavy atom. The molecule has 30 heavy (non-hydrogen) atoms. The third kappa shape index (κ3) is 4.46. The largest absolute Gasteiger partial charge is 0.482 e. The fourth-order valence-electron chi connectivity index (χ4n) is 4.53. The van der Waals surface area contributed by atoms with Gasteiger partial charge in [-0.25, -0.2) is 9.18 Å². The number of carboxylic acid groups (broad SMARTS) is 1. The van der Waals surface area contributed by atoms with E-state index in [2.05, 4.69) is 18.3 Å².